The van der Waals surface area contributed by atoms with Crippen LogP contribution in [0.25, 0.3) is 0 Å². The topological polar surface area (TPSA) is 75.0 Å². The van der Waals surface area contributed by atoms with Gasteiger partial charge >= 0.3 is 0 Å². The average molecular weight is 391 g/mol. The molecule has 0 bridgehead atoms. The smallest absolute Gasteiger partial charge is 0.246 e. The predicted molar refractivity (Wildman–Crippen MR) is 110 cm³/mol. The van der Waals surface area contributed by atoms with Crippen molar-refractivity contribution < 1.29 is 9.53 Å². The van der Waals surface area contributed by atoms with E-state index >= 15 is 0 Å². The van der Waals surface area contributed by atoms with Crippen LogP contribution in [-0.4, -0.2) is 72.5 Å². The second-order valence-corrected chi connectivity index (χ2v) is 7.64. The van der Waals surface area contributed by atoms with Gasteiger partial charge in [-0.15, -0.1) is 0 Å². The van der Waals surface area contributed by atoms with E-state index in [1.165, 1.54) is 25.7 Å². The van der Waals surface area contributed by atoms with Gasteiger partial charge in [0.05, 0.1) is 18.0 Å². The molecular weight excluding hydrogens is 356 g/mol. The van der Waals surface area contributed by atoms with Crippen molar-refractivity contribution in [3.8, 4) is 0 Å². The van der Waals surface area contributed by atoms with Crippen molar-refractivity contribution in [1.29, 1.82) is 0 Å². The molecule has 3 rings (SSSR count). The van der Waals surface area contributed by atoms with Gasteiger partial charge in [0, 0.05) is 46.5 Å². The Kier molecular flexibility index (Phi) is 7.30. The standard InChI is InChI=1S/C20H34N6O2/c1-4-28-18(16-7-5-6-8-16)9-10-22-20(21-2)25-11-12-26(19(27)15-25)17-13-23-24(3)14-17/h13-14,16,18H,4-12,15H2,1-3H3,(H,21,22). The van der Waals surface area contributed by atoms with Gasteiger partial charge in [0.25, 0.3) is 0 Å². The lowest BCUT2D eigenvalue weighted by molar-refractivity contribution is -0.120. The van der Waals surface area contributed by atoms with E-state index in [-0.39, 0.29) is 5.91 Å². The number of guanidine groups is 1. The van der Waals surface area contributed by atoms with Crippen LogP contribution in [0.3, 0.4) is 0 Å². The van der Waals surface area contributed by atoms with Crippen molar-refractivity contribution in [3.63, 3.8) is 0 Å². The highest BCUT2D eigenvalue weighted by Crippen LogP contribution is 2.30. The average Bonchev–Trinajstić information content (AvgIpc) is 3.36. The van der Waals surface area contributed by atoms with Crippen molar-refractivity contribution >= 4 is 17.6 Å². The van der Waals surface area contributed by atoms with E-state index in [0.717, 1.165) is 37.8 Å². The van der Waals surface area contributed by atoms with Crippen LogP contribution in [-0.2, 0) is 16.6 Å². The molecule has 1 aromatic rings. The fourth-order valence-electron chi connectivity index (χ4n) is 4.33. The predicted octanol–water partition coefficient (Wildman–Crippen LogP) is 1.63. The normalized spacial score (nSPS) is 20.1. The first kappa shape index (κ1) is 20.6. The van der Waals surface area contributed by atoms with Gasteiger partial charge in [-0.2, -0.15) is 5.10 Å². The molecule has 1 aliphatic carbocycles. The molecule has 2 aliphatic rings. The van der Waals surface area contributed by atoms with Gasteiger partial charge in [-0.25, -0.2) is 0 Å². The highest BCUT2D eigenvalue weighted by molar-refractivity contribution is 5.98. The number of hydrogen-bond donors (Lipinski definition) is 1. The minimum atomic E-state index is 0.0698. The minimum absolute atomic E-state index is 0.0698. The maximum atomic E-state index is 12.6. The minimum Gasteiger partial charge on any atom is -0.378 e. The fourth-order valence-corrected chi connectivity index (χ4v) is 4.33. The van der Waals surface area contributed by atoms with E-state index in [4.69, 9.17) is 4.74 Å². The molecule has 0 radical (unpaired) electrons. The molecule has 1 unspecified atom stereocenters. The number of anilines is 1. The molecule has 1 saturated heterocycles. The molecule has 2 fully saturated rings. The van der Waals surface area contributed by atoms with E-state index in [1.807, 2.05) is 18.1 Å². The first-order valence-corrected chi connectivity index (χ1v) is 10.5. The van der Waals surface area contributed by atoms with Crippen LogP contribution in [0.4, 0.5) is 5.69 Å². The van der Waals surface area contributed by atoms with Crippen molar-refractivity contribution in [2.45, 2.75) is 45.1 Å². The third kappa shape index (κ3) is 5.04. The Balaban J connectivity index is 1.49. The lowest BCUT2D eigenvalue weighted by Gasteiger charge is -2.35. The Morgan fingerprint density at radius 2 is 2.18 bits per heavy atom. The Morgan fingerprint density at radius 3 is 2.79 bits per heavy atom. The van der Waals surface area contributed by atoms with Crippen molar-refractivity contribution in [2.75, 3.05) is 44.7 Å². The van der Waals surface area contributed by atoms with Gasteiger partial charge in [-0.1, -0.05) is 12.8 Å². The van der Waals surface area contributed by atoms with E-state index in [2.05, 4.69) is 22.3 Å². The molecule has 0 aromatic carbocycles. The van der Waals surface area contributed by atoms with Gasteiger partial charge in [-0.05, 0) is 32.1 Å². The van der Waals surface area contributed by atoms with E-state index < -0.39 is 0 Å². The number of hydrogen-bond acceptors (Lipinski definition) is 4. The number of piperazine rings is 1. The number of rotatable bonds is 7. The zero-order valence-electron chi connectivity index (χ0n) is 17.4. The lowest BCUT2D eigenvalue weighted by Crippen LogP contribution is -2.55. The summed E-state index contributed by atoms with van der Waals surface area (Å²) in [4.78, 5) is 20.8. The molecule has 1 N–H and O–H groups in total. The molecule has 1 amide bonds. The summed E-state index contributed by atoms with van der Waals surface area (Å²) >= 11 is 0. The summed E-state index contributed by atoms with van der Waals surface area (Å²) in [6, 6.07) is 0. The number of aliphatic imine (C=N–C) groups is 1. The lowest BCUT2D eigenvalue weighted by atomic mass is 9.98. The molecule has 28 heavy (non-hydrogen) atoms. The van der Waals surface area contributed by atoms with Crippen LogP contribution in [0.15, 0.2) is 17.4 Å². The number of amides is 1. The first-order chi connectivity index (χ1) is 13.6. The maximum Gasteiger partial charge on any atom is 0.246 e. The van der Waals surface area contributed by atoms with Crippen LogP contribution >= 0.6 is 0 Å². The zero-order valence-corrected chi connectivity index (χ0v) is 17.4. The summed E-state index contributed by atoms with van der Waals surface area (Å²) in [6.07, 6.45) is 10.1. The van der Waals surface area contributed by atoms with Gasteiger partial charge in [0.2, 0.25) is 5.91 Å². The van der Waals surface area contributed by atoms with E-state index in [9.17, 15) is 4.79 Å². The molecule has 1 saturated carbocycles. The number of ether oxygens (including phenoxy) is 1. The largest absolute Gasteiger partial charge is 0.378 e. The molecule has 1 aromatic heterocycles. The van der Waals surface area contributed by atoms with Gasteiger partial charge < -0.3 is 19.9 Å². The third-order valence-corrected chi connectivity index (χ3v) is 5.75. The van der Waals surface area contributed by atoms with Crippen molar-refractivity contribution in [1.82, 2.24) is 20.0 Å². The summed E-state index contributed by atoms with van der Waals surface area (Å²) in [5.74, 6) is 1.55. The zero-order chi connectivity index (χ0) is 19.9. The summed E-state index contributed by atoms with van der Waals surface area (Å²) in [7, 11) is 3.63. The molecule has 2 heterocycles. The fraction of sp³-hybridized carbons (Fsp3) is 0.750. The van der Waals surface area contributed by atoms with Crippen molar-refractivity contribution in [3.05, 3.63) is 12.4 Å². The first-order valence-electron chi connectivity index (χ1n) is 10.5. The molecule has 156 valence electrons. The molecule has 0 spiro atoms. The number of carbonyl (C=O) groups excluding carboxylic acids is 1. The second kappa shape index (κ2) is 9.91. The summed E-state index contributed by atoms with van der Waals surface area (Å²) in [5.41, 5.74) is 0.853. The second-order valence-electron chi connectivity index (χ2n) is 7.64. The third-order valence-electron chi connectivity index (χ3n) is 5.75. The Hall–Kier alpha value is -2.09. The Morgan fingerprint density at radius 1 is 1.39 bits per heavy atom. The number of aromatic nitrogens is 2. The van der Waals surface area contributed by atoms with Gasteiger partial charge in [0.1, 0.15) is 6.54 Å². The van der Waals surface area contributed by atoms with Crippen LogP contribution < -0.4 is 10.2 Å². The summed E-state index contributed by atoms with van der Waals surface area (Å²) in [5, 5.41) is 7.60. The monoisotopic (exact) mass is 390 g/mol. The highest BCUT2D eigenvalue weighted by Gasteiger charge is 2.28. The number of carbonyl (C=O) groups is 1. The molecule has 8 heteroatoms. The molecular formula is C20H34N6O2. The number of nitrogens with zero attached hydrogens (tertiary/aromatic N) is 5. The Bertz CT molecular complexity index is 667. The van der Waals surface area contributed by atoms with Crippen LogP contribution in [0.2, 0.25) is 0 Å². The molecule has 1 atom stereocenters. The number of aryl methyl sites for hydroxylation is 1. The van der Waals surface area contributed by atoms with E-state index in [1.54, 1.807) is 22.8 Å². The number of nitrogens with one attached hydrogen (secondary N) is 1. The van der Waals surface area contributed by atoms with E-state index in [0.29, 0.717) is 25.1 Å². The Labute approximate surface area is 167 Å². The molecule has 8 nitrogen and oxygen atoms in total. The van der Waals surface area contributed by atoms with Crippen molar-refractivity contribution in [2.24, 2.45) is 18.0 Å². The SMILES string of the molecule is CCOC(CCNC(=NC)N1CCN(c2cnn(C)c2)C(=O)C1)C1CCCC1. The van der Waals surface area contributed by atoms with Crippen LogP contribution in [0.5, 0.6) is 0 Å². The summed E-state index contributed by atoms with van der Waals surface area (Å²) in [6.45, 7) is 5.35. The van der Waals surface area contributed by atoms with Crippen LogP contribution in [0, 0.1) is 5.92 Å². The van der Waals surface area contributed by atoms with Gasteiger partial charge in [0.15, 0.2) is 5.96 Å². The quantitative estimate of drug-likeness (QED) is 0.566. The van der Waals surface area contributed by atoms with Crippen LogP contribution in [0.1, 0.15) is 39.0 Å². The van der Waals surface area contributed by atoms with Gasteiger partial charge in [-0.3, -0.25) is 14.5 Å². The summed E-state index contributed by atoms with van der Waals surface area (Å²) < 4.78 is 7.72. The maximum absolute atomic E-state index is 12.6. The molecule has 1 aliphatic heterocycles. The highest BCUT2D eigenvalue weighted by atomic mass is 16.5.